The van der Waals surface area contributed by atoms with Gasteiger partial charge in [0.2, 0.25) is 11.8 Å². The molecule has 148 valence electrons. The van der Waals surface area contributed by atoms with E-state index < -0.39 is 21.0 Å². The maximum Gasteiger partial charge on any atom is 0.238 e. The summed E-state index contributed by atoms with van der Waals surface area (Å²) >= 11 is 1.50. The maximum atomic E-state index is 12.6. The van der Waals surface area contributed by atoms with E-state index in [4.69, 9.17) is 9.15 Å². The Kier molecular flexibility index (Phi) is 6.15. The van der Waals surface area contributed by atoms with Gasteiger partial charge in [-0.05, 0) is 42.6 Å². The van der Waals surface area contributed by atoms with Crippen LogP contribution in [0.3, 0.4) is 0 Å². The summed E-state index contributed by atoms with van der Waals surface area (Å²) in [7, 11) is -2.16. The van der Waals surface area contributed by atoms with Gasteiger partial charge >= 0.3 is 0 Å². The number of methoxy groups -OCH3 is 1. The molecule has 3 aromatic rings. The highest BCUT2D eigenvalue weighted by Gasteiger charge is 2.29. The monoisotopic (exact) mass is 420 g/mol. The Morgan fingerprint density at radius 3 is 2.68 bits per heavy atom. The Hall–Kier alpha value is -2.65. The highest BCUT2D eigenvalue weighted by molar-refractivity contribution is 7.92. The highest BCUT2D eigenvalue weighted by atomic mass is 32.2. The third-order valence-electron chi connectivity index (χ3n) is 4.16. The van der Waals surface area contributed by atoms with Crippen molar-refractivity contribution in [1.82, 2.24) is 10.3 Å². The number of thiophene rings is 1. The molecule has 0 aliphatic carbocycles. The molecule has 0 bridgehead atoms. The standard InChI is InChI=1S/C19H20N2O5S2/c1-13(18(22)20-10-17-4-3-9-27-17)28(23,24)12-15-11-26-19(21-15)14-5-7-16(25-2)8-6-14/h3-9,11,13H,10,12H2,1-2H3,(H,20,22). The van der Waals surface area contributed by atoms with Crippen molar-refractivity contribution in [3.05, 3.63) is 58.6 Å². The van der Waals surface area contributed by atoms with Gasteiger partial charge in [0.1, 0.15) is 17.3 Å². The third kappa shape index (κ3) is 4.79. The summed E-state index contributed by atoms with van der Waals surface area (Å²) in [6, 6.07) is 10.8. The summed E-state index contributed by atoms with van der Waals surface area (Å²) in [5.41, 5.74) is 0.954. The smallest absolute Gasteiger partial charge is 0.238 e. The van der Waals surface area contributed by atoms with Gasteiger partial charge in [-0.2, -0.15) is 0 Å². The lowest BCUT2D eigenvalue weighted by atomic mass is 10.2. The van der Waals surface area contributed by atoms with E-state index in [9.17, 15) is 13.2 Å². The second-order valence-corrected chi connectivity index (χ2v) is 9.47. The number of aromatic nitrogens is 1. The second-order valence-electron chi connectivity index (χ2n) is 6.12. The van der Waals surface area contributed by atoms with Crippen molar-refractivity contribution in [2.75, 3.05) is 7.11 Å². The van der Waals surface area contributed by atoms with Gasteiger partial charge in [0, 0.05) is 10.4 Å². The quantitative estimate of drug-likeness (QED) is 0.601. The van der Waals surface area contributed by atoms with E-state index in [1.54, 1.807) is 31.4 Å². The Labute approximate surface area is 167 Å². The Balaban J connectivity index is 1.64. The zero-order valence-corrected chi connectivity index (χ0v) is 17.0. The lowest BCUT2D eigenvalue weighted by Gasteiger charge is -2.12. The molecule has 2 heterocycles. The number of carbonyl (C=O) groups is 1. The average molecular weight is 421 g/mol. The van der Waals surface area contributed by atoms with Gasteiger partial charge in [0.05, 0.1) is 25.1 Å². The summed E-state index contributed by atoms with van der Waals surface area (Å²) in [4.78, 5) is 17.4. The van der Waals surface area contributed by atoms with E-state index in [-0.39, 0.29) is 11.4 Å². The van der Waals surface area contributed by atoms with Gasteiger partial charge in [-0.25, -0.2) is 13.4 Å². The topological polar surface area (TPSA) is 98.5 Å². The molecule has 0 aliphatic heterocycles. The molecular formula is C19H20N2O5S2. The number of nitrogens with zero attached hydrogens (tertiary/aromatic N) is 1. The minimum atomic E-state index is -3.73. The van der Waals surface area contributed by atoms with Crippen molar-refractivity contribution < 1.29 is 22.4 Å². The largest absolute Gasteiger partial charge is 0.497 e. The minimum absolute atomic E-state index is 0.253. The fourth-order valence-corrected chi connectivity index (χ4v) is 4.31. The third-order valence-corrected chi connectivity index (χ3v) is 7.03. The van der Waals surface area contributed by atoms with Crippen molar-refractivity contribution in [3.63, 3.8) is 0 Å². The van der Waals surface area contributed by atoms with E-state index in [1.165, 1.54) is 24.5 Å². The lowest BCUT2D eigenvalue weighted by Crippen LogP contribution is -2.38. The minimum Gasteiger partial charge on any atom is -0.497 e. The van der Waals surface area contributed by atoms with Gasteiger partial charge in [-0.1, -0.05) is 6.07 Å². The van der Waals surface area contributed by atoms with Crippen LogP contribution in [0, 0.1) is 0 Å². The van der Waals surface area contributed by atoms with Gasteiger partial charge in [0.15, 0.2) is 9.84 Å². The van der Waals surface area contributed by atoms with Crippen LogP contribution in [-0.2, 0) is 26.9 Å². The van der Waals surface area contributed by atoms with Crippen LogP contribution >= 0.6 is 11.3 Å². The molecule has 0 radical (unpaired) electrons. The maximum absolute atomic E-state index is 12.6. The molecule has 1 aromatic carbocycles. The number of oxazole rings is 1. The van der Waals surface area contributed by atoms with Crippen molar-refractivity contribution in [1.29, 1.82) is 0 Å². The van der Waals surface area contributed by atoms with Crippen molar-refractivity contribution >= 4 is 27.1 Å². The van der Waals surface area contributed by atoms with Crippen LogP contribution in [0.25, 0.3) is 11.5 Å². The molecule has 0 spiro atoms. The first-order valence-electron chi connectivity index (χ1n) is 8.49. The second kappa shape index (κ2) is 8.57. The van der Waals surface area contributed by atoms with Gasteiger partial charge in [-0.15, -0.1) is 11.3 Å². The molecule has 1 amide bonds. The van der Waals surface area contributed by atoms with E-state index >= 15 is 0 Å². The van der Waals surface area contributed by atoms with Crippen LogP contribution in [0.4, 0.5) is 0 Å². The first kappa shape index (κ1) is 20.1. The molecule has 1 unspecified atom stereocenters. The zero-order valence-electron chi connectivity index (χ0n) is 15.4. The molecule has 0 saturated carbocycles. The molecule has 0 aliphatic rings. The fourth-order valence-electron chi connectivity index (χ4n) is 2.46. The van der Waals surface area contributed by atoms with E-state index in [0.29, 0.717) is 23.7 Å². The first-order valence-corrected chi connectivity index (χ1v) is 11.1. The van der Waals surface area contributed by atoms with Crippen LogP contribution < -0.4 is 10.1 Å². The summed E-state index contributed by atoms with van der Waals surface area (Å²) in [6.07, 6.45) is 1.30. The number of carbonyl (C=O) groups excluding carboxylic acids is 1. The Morgan fingerprint density at radius 2 is 2.04 bits per heavy atom. The normalized spacial score (nSPS) is 12.5. The number of amides is 1. The number of hydrogen-bond acceptors (Lipinski definition) is 7. The molecule has 9 heteroatoms. The molecular weight excluding hydrogens is 400 g/mol. The molecule has 3 rings (SSSR count). The van der Waals surface area contributed by atoms with Crippen LogP contribution in [0.2, 0.25) is 0 Å². The summed E-state index contributed by atoms with van der Waals surface area (Å²) < 4.78 is 35.6. The lowest BCUT2D eigenvalue weighted by molar-refractivity contribution is -0.120. The molecule has 0 saturated heterocycles. The fraction of sp³-hybridized carbons (Fsp3) is 0.263. The summed E-state index contributed by atoms with van der Waals surface area (Å²) in [6.45, 7) is 1.69. The molecule has 28 heavy (non-hydrogen) atoms. The molecule has 1 N–H and O–H groups in total. The predicted octanol–water partition coefficient (Wildman–Crippen LogP) is 3.03. The van der Waals surface area contributed by atoms with E-state index in [0.717, 1.165) is 4.88 Å². The van der Waals surface area contributed by atoms with Crippen molar-refractivity contribution in [2.45, 2.75) is 24.5 Å². The van der Waals surface area contributed by atoms with Crippen LogP contribution in [-0.4, -0.2) is 31.7 Å². The number of benzene rings is 1. The van der Waals surface area contributed by atoms with Crippen molar-refractivity contribution in [2.24, 2.45) is 0 Å². The molecule has 0 fully saturated rings. The number of ether oxygens (including phenoxy) is 1. The van der Waals surface area contributed by atoms with E-state index in [1.807, 2.05) is 17.5 Å². The van der Waals surface area contributed by atoms with Gasteiger partial charge in [0.25, 0.3) is 0 Å². The van der Waals surface area contributed by atoms with Crippen LogP contribution in [0.5, 0.6) is 5.75 Å². The first-order chi connectivity index (χ1) is 13.4. The van der Waals surface area contributed by atoms with Gasteiger partial charge < -0.3 is 14.5 Å². The SMILES string of the molecule is COc1ccc(-c2nc(CS(=O)(=O)C(C)C(=O)NCc3cccs3)co2)cc1. The molecule has 7 nitrogen and oxygen atoms in total. The Bertz CT molecular complexity index is 1020. The van der Waals surface area contributed by atoms with Crippen LogP contribution in [0.15, 0.2) is 52.5 Å². The number of hydrogen-bond donors (Lipinski definition) is 1. The zero-order chi connectivity index (χ0) is 20.1. The summed E-state index contributed by atoms with van der Waals surface area (Å²) in [5, 5.41) is 3.36. The number of rotatable bonds is 8. The number of nitrogens with one attached hydrogen (secondary N) is 1. The molecule has 1 atom stereocenters. The van der Waals surface area contributed by atoms with E-state index in [2.05, 4.69) is 10.3 Å². The predicted molar refractivity (Wildman–Crippen MR) is 107 cm³/mol. The van der Waals surface area contributed by atoms with Crippen molar-refractivity contribution in [3.8, 4) is 17.2 Å². The average Bonchev–Trinajstić information content (AvgIpc) is 3.37. The molecule has 2 aromatic heterocycles. The van der Waals surface area contributed by atoms with Gasteiger partial charge in [-0.3, -0.25) is 4.79 Å². The van der Waals surface area contributed by atoms with Crippen LogP contribution in [0.1, 0.15) is 17.5 Å². The summed E-state index contributed by atoms with van der Waals surface area (Å²) in [5.74, 6) is 0.0932. The number of sulfone groups is 1. The Morgan fingerprint density at radius 1 is 1.29 bits per heavy atom. The highest BCUT2D eigenvalue weighted by Crippen LogP contribution is 2.23.